The molecule has 0 radical (unpaired) electrons. The predicted octanol–water partition coefficient (Wildman–Crippen LogP) is 3.52. The van der Waals surface area contributed by atoms with Gasteiger partial charge >= 0.3 is 0 Å². The SMILES string of the molecule is O=C(Cc1ccc(Br)cc1)Nc1ccsc1C(=O)NCCN1CCCC1. The summed E-state index contributed by atoms with van der Waals surface area (Å²) < 4.78 is 0.979. The van der Waals surface area contributed by atoms with Crippen LogP contribution < -0.4 is 10.6 Å². The molecule has 2 N–H and O–H groups in total. The van der Waals surface area contributed by atoms with Gasteiger partial charge in [0.1, 0.15) is 4.88 Å². The smallest absolute Gasteiger partial charge is 0.263 e. The van der Waals surface area contributed by atoms with Crippen LogP contribution in [0.1, 0.15) is 28.1 Å². The molecule has 0 bridgehead atoms. The second-order valence-electron chi connectivity index (χ2n) is 6.32. The number of carbonyl (C=O) groups excluding carboxylic acids is 2. The predicted molar refractivity (Wildman–Crippen MR) is 109 cm³/mol. The first-order valence-corrected chi connectivity index (χ1v) is 10.4. The Morgan fingerprint density at radius 3 is 2.58 bits per heavy atom. The lowest BCUT2D eigenvalue weighted by Gasteiger charge is -2.14. The zero-order valence-corrected chi connectivity index (χ0v) is 16.9. The summed E-state index contributed by atoms with van der Waals surface area (Å²) in [6, 6.07) is 9.41. The summed E-state index contributed by atoms with van der Waals surface area (Å²) in [4.78, 5) is 27.6. The number of rotatable bonds is 7. The summed E-state index contributed by atoms with van der Waals surface area (Å²) in [7, 11) is 0. The highest BCUT2D eigenvalue weighted by Crippen LogP contribution is 2.22. The first-order chi connectivity index (χ1) is 12.6. The van der Waals surface area contributed by atoms with Gasteiger partial charge in [0.05, 0.1) is 12.1 Å². The Balaban J connectivity index is 1.51. The van der Waals surface area contributed by atoms with Gasteiger partial charge in [0, 0.05) is 17.6 Å². The van der Waals surface area contributed by atoms with Crippen molar-refractivity contribution in [1.82, 2.24) is 10.2 Å². The van der Waals surface area contributed by atoms with Crippen molar-refractivity contribution in [3.05, 3.63) is 50.6 Å². The average Bonchev–Trinajstić information content (AvgIpc) is 3.29. The fraction of sp³-hybridized carbons (Fsp3) is 0.368. The number of hydrogen-bond donors (Lipinski definition) is 2. The van der Waals surface area contributed by atoms with Crippen molar-refractivity contribution >= 4 is 44.8 Å². The molecule has 0 atom stereocenters. The molecule has 2 amide bonds. The number of hydrogen-bond acceptors (Lipinski definition) is 4. The number of nitrogens with one attached hydrogen (secondary N) is 2. The van der Waals surface area contributed by atoms with Crippen molar-refractivity contribution in [3.8, 4) is 0 Å². The van der Waals surface area contributed by atoms with E-state index < -0.39 is 0 Å². The number of benzene rings is 1. The maximum atomic E-state index is 12.4. The van der Waals surface area contributed by atoms with E-state index in [-0.39, 0.29) is 18.2 Å². The third kappa shape index (κ3) is 5.40. The lowest BCUT2D eigenvalue weighted by Crippen LogP contribution is -2.33. The third-order valence-corrected chi connectivity index (χ3v) is 5.78. The van der Waals surface area contributed by atoms with Crippen molar-refractivity contribution in [1.29, 1.82) is 0 Å². The molecule has 1 aromatic heterocycles. The summed E-state index contributed by atoms with van der Waals surface area (Å²) in [6.45, 7) is 3.74. The van der Waals surface area contributed by atoms with E-state index in [9.17, 15) is 9.59 Å². The lowest BCUT2D eigenvalue weighted by molar-refractivity contribution is -0.115. The molecule has 1 aliphatic heterocycles. The van der Waals surface area contributed by atoms with E-state index in [4.69, 9.17) is 0 Å². The van der Waals surface area contributed by atoms with Crippen LogP contribution in [-0.2, 0) is 11.2 Å². The van der Waals surface area contributed by atoms with Crippen LogP contribution in [0.2, 0.25) is 0 Å². The highest BCUT2D eigenvalue weighted by molar-refractivity contribution is 9.10. The first kappa shape index (κ1) is 19.1. The molecule has 1 saturated heterocycles. The van der Waals surface area contributed by atoms with Crippen molar-refractivity contribution < 1.29 is 9.59 Å². The Morgan fingerprint density at radius 1 is 1.12 bits per heavy atom. The van der Waals surface area contributed by atoms with Gasteiger partial charge in [-0.05, 0) is 55.1 Å². The lowest BCUT2D eigenvalue weighted by atomic mass is 10.1. The summed E-state index contributed by atoms with van der Waals surface area (Å²) >= 11 is 4.73. The Kier molecular flexibility index (Phi) is 6.82. The molecule has 7 heteroatoms. The van der Waals surface area contributed by atoms with Gasteiger partial charge in [-0.25, -0.2) is 0 Å². The number of anilines is 1. The number of likely N-dealkylation sites (tertiary alicyclic amines) is 1. The average molecular weight is 436 g/mol. The molecule has 26 heavy (non-hydrogen) atoms. The van der Waals surface area contributed by atoms with E-state index in [0.29, 0.717) is 17.1 Å². The molecule has 3 rings (SSSR count). The molecule has 0 saturated carbocycles. The molecule has 2 heterocycles. The summed E-state index contributed by atoms with van der Waals surface area (Å²) in [5, 5.41) is 7.63. The van der Waals surface area contributed by atoms with E-state index in [1.165, 1.54) is 24.2 Å². The number of carbonyl (C=O) groups is 2. The van der Waals surface area contributed by atoms with Gasteiger partial charge in [0.2, 0.25) is 5.91 Å². The fourth-order valence-corrected chi connectivity index (χ4v) is 4.01. The maximum Gasteiger partial charge on any atom is 0.263 e. The molecular formula is C19H22BrN3O2S. The topological polar surface area (TPSA) is 61.4 Å². The van der Waals surface area contributed by atoms with Crippen molar-refractivity contribution in [2.24, 2.45) is 0 Å². The Labute approximate surface area is 165 Å². The standard InChI is InChI=1S/C19H22BrN3O2S/c20-15-5-3-14(4-6-15)13-17(24)22-16-7-12-26-18(16)19(25)21-8-11-23-9-1-2-10-23/h3-7,12H,1-2,8-11,13H2,(H,21,25)(H,22,24). The van der Waals surface area contributed by atoms with E-state index in [1.54, 1.807) is 6.07 Å². The number of thiophene rings is 1. The van der Waals surface area contributed by atoms with Crippen molar-refractivity contribution in [2.45, 2.75) is 19.3 Å². The zero-order valence-electron chi connectivity index (χ0n) is 14.5. The van der Waals surface area contributed by atoms with Gasteiger partial charge in [-0.15, -0.1) is 11.3 Å². The molecule has 0 aliphatic carbocycles. The van der Waals surface area contributed by atoms with Crippen molar-refractivity contribution in [2.75, 3.05) is 31.5 Å². The van der Waals surface area contributed by atoms with Crippen LogP contribution in [0, 0.1) is 0 Å². The molecule has 0 unspecified atom stereocenters. The Hall–Kier alpha value is -1.70. The van der Waals surface area contributed by atoms with Gasteiger partial charge in [0.25, 0.3) is 5.91 Å². The molecule has 1 fully saturated rings. The fourth-order valence-electron chi connectivity index (χ4n) is 2.98. The van der Waals surface area contributed by atoms with Crippen LogP contribution >= 0.6 is 27.3 Å². The van der Waals surface area contributed by atoms with Gasteiger partial charge in [-0.3, -0.25) is 9.59 Å². The van der Waals surface area contributed by atoms with Crippen LogP contribution in [0.25, 0.3) is 0 Å². The minimum Gasteiger partial charge on any atom is -0.350 e. The molecule has 1 aromatic carbocycles. The summed E-state index contributed by atoms with van der Waals surface area (Å²) in [6.07, 6.45) is 2.76. The van der Waals surface area contributed by atoms with Crippen LogP contribution in [-0.4, -0.2) is 42.9 Å². The van der Waals surface area contributed by atoms with Gasteiger partial charge in [-0.2, -0.15) is 0 Å². The Morgan fingerprint density at radius 2 is 1.85 bits per heavy atom. The highest BCUT2D eigenvalue weighted by atomic mass is 79.9. The van der Waals surface area contributed by atoms with E-state index in [0.717, 1.165) is 29.7 Å². The van der Waals surface area contributed by atoms with Crippen molar-refractivity contribution in [3.63, 3.8) is 0 Å². The third-order valence-electron chi connectivity index (χ3n) is 4.34. The minimum absolute atomic E-state index is 0.127. The van der Waals surface area contributed by atoms with E-state index in [1.807, 2.05) is 29.6 Å². The Bertz CT molecular complexity index is 754. The van der Waals surface area contributed by atoms with Gasteiger partial charge in [-0.1, -0.05) is 28.1 Å². The highest BCUT2D eigenvalue weighted by Gasteiger charge is 2.16. The normalized spacial score (nSPS) is 14.3. The first-order valence-electron chi connectivity index (χ1n) is 8.74. The molecular weight excluding hydrogens is 414 g/mol. The quantitative estimate of drug-likeness (QED) is 0.699. The second kappa shape index (κ2) is 9.30. The molecule has 1 aliphatic rings. The minimum atomic E-state index is -0.128. The number of amides is 2. The monoisotopic (exact) mass is 435 g/mol. The summed E-state index contributed by atoms with van der Waals surface area (Å²) in [5.41, 5.74) is 1.51. The largest absolute Gasteiger partial charge is 0.350 e. The number of nitrogens with zero attached hydrogens (tertiary/aromatic N) is 1. The molecule has 0 spiro atoms. The molecule has 5 nitrogen and oxygen atoms in total. The molecule has 138 valence electrons. The van der Waals surface area contributed by atoms with E-state index >= 15 is 0 Å². The molecule has 2 aromatic rings. The zero-order chi connectivity index (χ0) is 18.4. The van der Waals surface area contributed by atoms with Crippen LogP contribution in [0.4, 0.5) is 5.69 Å². The van der Waals surface area contributed by atoms with E-state index in [2.05, 4.69) is 31.5 Å². The van der Waals surface area contributed by atoms with Gasteiger partial charge < -0.3 is 15.5 Å². The number of halogens is 1. The second-order valence-corrected chi connectivity index (χ2v) is 8.15. The summed E-state index contributed by atoms with van der Waals surface area (Å²) in [5.74, 6) is -0.255. The maximum absolute atomic E-state index is 12.4. The van der Waals surface area contributed by atoms with Crippen LogP contribution in [0.5, 0.6) is 0 Å². The van der Waals surface area contributed by atoms with Crippen LogP contribution in [0.3, 0.4) is 0 Å². The van der Waals surface area contributed by atoms with Gasteiger partial charge in [0.15, 0.2) is 0 Å². The van der Waals surface area contributed by atoms with Crippen LogP contribution in [0.15, 0.2) is 40.2 Å².